The second kappa shape index (κ2) is 11.3. The van der Waals surface area contributed by atoms with Gasteiger partial charge in [0.2, 0.25) is 0 Å². The molecule has 0 heterocycles. The van der Waals surface area contributed by atoms with E-state index in [9.17, 15) is 0 Å². The van der Waals surface area contributed by atoms with Crippen molar-refractivity contribution in [2.45, 2.75) is 0 Å². The fourth-order valence-electron chi connectivity index (χ4n) is 0.300. The van der Waals surface area contributed by atoms with Gasteiger partial charge in [0.25, 0.3) is 0 Å². The fraction of sp³-hybridized carbons (Fsp3) is 1.00. The molecule has 1 N–H and O–H groups in total. The molecule has 0 fully saturated rings. The molecule has 0 aliphatic carbocycles. The first kappa shape index (κ1) is 18.1. The predicted molar refractivity (Wildman–Crippen MR) is 41.7 cm³/mol. The van der Waals surface area contributed by atoms with E-state index in [0.29, 0.717) is 12.7 Å². The van der Waals surface area contributed by atoms with Crippen molar-refractivity contribution in [1.82, 2.24) is 0 Å². The summed E-state index contributed by atoms with van der Waals surface area (Å²) in [6.45, 7) is 1.11. The SMILES string of the molecule is C[N+](C)(C)CCO.[Cl-].[Cl][Ni][Cl]. The fourth-order valence-corrected chi connectivity index (χ4v) is 0.300. The Bertz CT molecular complexity index is 69.2. The molecular formula is C5H14Cl3NNiO. The second-order valence-electron chi connectivity index (χ2n) is 2.78. The van der Waals surface area contributed by atoms with Crippen LogP contribution in [0.4, 0.5) is 0 Å². The van der Waals surface area contributed by atoms with Gasteiger partial charge >= 0.3 is 33.0 Å². The third-order valence-corrected chi connectivity index (χ3v) is 0.771. The molecule has 0 unspecified atom stereocenters. The van der Waals surface area contributed by atoms with E-state index in [1.54, 1.807) is 0 Å². The van der Waals surface area contributed by atoms with Crippen molar-refractivity contribution >= 4 is 20.4 Å². The van der Waals surface area contributed by atoms with E-state index in [4.69, 9.17) is 25.5 Å². The Morgan fingerprint density at radius 3 is 1.55 bits per heavy atom. The zero-order valence-corrected chi connectivity index (χ0v) is 10.0. The van der Waals surface area contributed by atoms with E-state index in [1.165, 1.54) is 0 Å². The molecule has 0 saturated carbocycles. The maximum absolute atomic E-state index is 8.39. The summed E-state index contributed by atoms with van der Waals surface area (Å²) >= 11 is 0.569. The average Bonchev–Trinajstić information content (AvgIpc) is 1.63. The van der Waals surface area contributed by atoms with Crippen molar-refractivity contribution in [1.29, 1.82) is 0 Å². The maximum atomic E-state index is 8.39. The molecular weight excluding hydrogens is 255 g/mol. The Kier molecular flexibility index (Phi) is 18.6. The normalized spacial score (nSPS) is 9.64. The van der Waals surface area contributed by atoms with Crippen LogP contribution in [0.5, 0.6) is 0 Å². The minimum atomic E-state index is 0. The van der Waals surface area contributed by atoms with Crippen LogP contribution in [0.2, 0.25) is 0 Å². The van der Waals surface area contributed by atoms with Gasteiger partial charge in [-0.05, 0) is 0 Å². The number of quaternary nitrogens is 1. The van der Waals surface area contributed by atoms with Crippen LogP contribution in [0.25, 0.3) is 0 Å². The molecule has 0 amide bonds. The summed E-state index contributed by atoms with van der Waals surface area (Å²) in [6.07, 6.45) is 0. The second-order valence-corrected chi connectivity index (χ2v) is 4.41. The van der Waals surface area contributed by atoms with Crippen LogP contribution in [0, 0.1) is 0 Å². The molecule has 2 nitrogen and oxygen atoms in total. The number of nitrogens with zero attached hydrogens (tertiary/aromatic N) is 1. The molecule has 0 aromatic rings. The number of likely N-dealkylation sites (N-methyl/N-ethyl adjacent to an activating group) is 1. The number of aliphatic hydroxyl groups is 1. The number of halogens is 3. The molecule has 0 aromatic heterocycles. The molecule has 0 aliphatic rings. The molecule has 0 rings (SSSR count). The van der Waals surface area contributed by atoms with Crippen molar-refractivity contribution in [3.63, 3.8) is 0 Å². The molecule has 6 heteroatoms. The topological polar surface area (TPSA) is 20.2 Å². The summed E-state index contributed by atoms with van der Waals surface area (Å²) in [6, 6.07) is 0. The van der Waals surface area contributed by atoms with E-state index < -0.39 is 0 Å². The third kappa shape index (κ3) is 34.8. The molecule has 0 radical (unpaired) electrons. The van der Waals surface area contributed by atoms with Gasteiger partial charge in [0.15, 0.2) is 0 Å². The Labute approximate surface area is 89.2 Å². The molecule has 0 aromatic carbocycles. The van der Waals surface area contributed by atoms with Crippen LogP contribution in [0.1, 0.15) is 0 Å². The Hall–Kier alpha value is 1.28. The van der Waals surface area contributed by atoms with Gasteiger partial charge in [-0.2, -0.15) is 0 Å². The van der Waals surface area contributed by atoms with E-state index >= 15 is 0 Å². The van der Waals surface area contributed by atoms with Crippen LogP contribution in [0.3, 0.4) is 0 Å². The first-order valence-electron chi connectivity index (χ1n) is 2.71. The van der Waals surface area contributed by atoms with E-state index in [0.717, 1.165) is 11.0 Å². The van der Waals surface area contributed by atoms with E-state index in [-0.39, 0.29) is 19.0 Å². The standard InChI is InChI=1S/C5H14NO.3ClH.Ni/c1-6(2,3)4-5-7;;;;/h7H,4-5H2,1-3H3;3*1H;/q+1;;;;+2/p-3. The third-order valence-electron chi connectivity index (χ3n) is 0.771. The van der Waals surface area contributed by atoms with Gasteiger partial charge in [-0.1, -0.05) is 0 Å². The molecule has 0 bridgehead atoms. The zero-order valence-electron chi connectivity index (χ0n) is 6.76. The van der Waals surface area contributed by atoms with E-state index in [1.807, 2.05) is 0 Å². The Morgan fingerprint density at radius 2 is 1.55 bits per heavy atom. The average molecular weight is 269 g/mol. The van der Waals surface area contributed by atoms with Gasteiger partial charge < -0.3 is 22.0 Å². The predicted octanol–water partition coefficient (Wildman–Crippen LogP) is -1.93. The number of rotatable bonds is 2. The molecule has 0 aliphatic heterocycles. The van der Waals surface area contributed by atoms with Gasteiger partial charge in [0.05, 0.1) is 27.7 Å². The summed E-state index contributed by atoms with van der Waals surface area (Å²) < 4.78 is 0.844. The quantitative estimate of drug-likeness (QED) is 0.457. The molecule has 0 atom stereocenters. The molecule has 0 spiro atoms. The molecule has 11 heavy (non-hydrogen) atoms. The Morgan fingerprint density at radius 1 is 1.27 bits per heavy atom. The number of hydrogen-bond acceptors (Lipinski definition) is 1. The van der Waals surface area contributed by atoms with Crippen molar-refractivity contribution in [2.75, 3.05) is 34.3 Å². The van der Waals surface area contributed by atoms with Crippen LogP contribution in [0.15, 0.2) is 0 Å². The van der Waals surface area contributed by atoms with Crippen molar-refractivity contribution in [3.05, 3.63) is 0 Å². The summed E-state index contributed by atoms with van der Waals surface area (Å²) in [5.74, 6) is 0. The van der Waals surface area contributed by atoms with Crippen molar-refractivity contribution in [2.24, 2.45) is 0 Å². The summed E-state index contributed by atoms with van der Waals surface area (Å²) in [4.78, 5) is 0. The molecule has 76 valence electrons. The van der Waals surface area contributed by atoms with Gasteiger partial charge in [-0.3, -0.25) is 0 Å². The number of aliphatic hydroxyl groups excluding tert-OH is 1. The van der Waals surface area contributed by atoms with Crippen LogP contribution in [-0.4, -0.2) is 43.9 Å². The van der Waals surface area contributed by atoms with Gasteiger partial charge in [0.1, 0.15) is 6.54 Å². The van der Waals surface area contributed by atoms with Crippen LogP contribution < -0.4 is 12.4 Å². The summed E-state index contributed by atoms with van der Waals surface area (Å²) in [7, 11) is 15.6. The summed E-state index contributed by atoms with van der Waals surface area (Å²) in [5, 5.41) is 8.39. The van der Waals surface area contributed by atoms with Crippen molar-refractivity contribution in [3.8, 4) is 0 Å². The van der Waals surface area contributed by atoms with Crippen LogP contribution in [-0.2, 0) is 12.7 Å². The molecule has 0 saturated heterocycles. The van der Waals surface area contributed by atoms with Gasteiger partial charge in [-0.25, -0.2) is 0 Å². The van der Waals surface area contributed by atoms with Crippen molar-refractivity contribution < 1.29 is 34.7 Å². The van der Waals surface area contributed by atoms with Crippen LogP contribution >= 0.6 is 20.4 Å². The zero-order chi connectivity index (χ0) is 8.62. The minimum absolute atomic E-state index is 0. The van der Waals surface area contributed by atoms with E-state index in [2.05, 4.69) is 21.1 Å². The first-order chi connectivity index (χ1) is 4.47. The summed E-state index contributed by atoms with van der Waals surface area (Å²) in [5.41, 5.74) is 0. The Balaban J connectivity index is -0.000000140. The van der Waals surface area contributed by atoms with Gasteiger partial charge in [-0.15, -0.1) is 0 Å². The number of hydrogen-bond donors (Lipinski definition) is 1. The van der Waals surface area contributed by atoms with Gasteiger partial charge in [0, 0.05) is 0 Å². The monoisotopic (exact) mass is 267 g/mol. The first-order valence-corrected chi connectivity index (χ1v) is 5.43.